The molecule has 11 heteroatoms. The molecule has 0 spiro atoms. The highest BCUT2D eigenvalue weighted by molar-refractivity contribution is 7.92. The molecule has 4 aromatic rings. The molecule has 0 heterocycles. The molecule has 0 bridgehead atoms. The number of nitrogens with zero attached hydrogens (tertiary/aromatic N) is 2. The van der Waals surface area contributed by atoms with E-state index in [0.29, 0.717) is 33.7 Å². The molecule has 0 saturated heterocycles. The lowest BCUT2D eigenvalue weighted by Crippen LogP contribution is -2.51. The fraction of sp³-hybridized carbons (Fsp3) is 0.257. The molecule has 4 rings (SSSR count). The Morgan fingerprint density at radius 3 is 1.98 bits per heavy atom. The lowest BCUT2D eigenvalue weighted by atomic mass is 10.1. The summed E-state index contributed by atoms with van der Waals surface area (Å²) in [7, 11) is -4.24. The number of para-hydroxylation sites is 1. The Morgan fingerprint density at radius 2 is 1.39 bits per heavy atom. The van der Waals surface area contributed by atoms with Gasteiger partial charge in [0.05, 0.1) is 10.6 Å². The monoisotopic (exact) mass is 681 g/mol. The molecule has 0 aliphatic heterocycles. The third-order valence-corrected chi connectivity index (χ3v) is 9.73. The van der Waals surface area contributed by atoms with Crippen molar-refractivity contribution in [3.63, 3.8) is 0 Å². The van der Waals surface area contributed by atoms with Crippen molar-refractivity contribution in [3.8, 4) is 11.5 Å². The second kappa shape index (κ2) is 15.5. The zero-order valence-corrected chi connectivity index (χ0v) is 28.4. The van der Waals surface area contributed by atoms with Gasteiger partial charge in [0, 0.05) is 28.7 Å². The second-order valence-corrected chi connectivity index (χ2v) is 13.9. The van der Waals surface area contributed by atoms with Crippen LogP contribution in [-0.2, 0) is 26.2 Å². The van der Waals surface area contributed by atoms with Crippen LogP contribution in [0.3, 0.4) is 0 Å². The molecule has 0 aromatic heterocycles. The fourth-order valence-electron chi connectivity index (χ4n) is 4.56. The maximum absolute atomic E-state index is 14.2. The zero-order valence-electron chi connectivity index (χ0n) is 26.1. The Labute approximate surface area is 280 Å². The van der Waals surface area contributed by atoms with Crippen LogP contribution < -0.4 is 14.4 Å². The van der Waals surface area contributed by atoms with E-state index in [1.165, 1.54) is 17.0 Å². The van der Waals surface area contributed by atoms with Crippen LogP contribution in [-0.4, -0.2) is 44.3 Å². The van der Waals surface area contributed by atoms with Crippen molar-refractivity contribution in [2.45, 2.75) is 45.2 Å². The lowest BCUT2D eigenvalue weighted by molar-refractivity contribution is -0.139. The smallest absolute Gasteiger partial charge is 0.264 e. The molecule has 2 amide bonds. The van der Waals surface area contributed by atoms with E-state index >= 15 is 0 Å². The quantitative estimate of drug-likeness (QED) is 0.158. The number of nitrogens with one attached hydrogen (secondary N) is 1. The van der Waals surface area contributed by atoms with Crippen LogP contribution in [0.5, 0.6) is 11.5 Å². The van der Waals surface area contributed by atoms with Gasteiger partial charge >= 0.3 is 0 Å². The SMILES string of the molecule is Cc1ccc(S(=O)(=O)N(CC(=O)N(Cc2c(Cl)cccc2Cl)[C@@H](C)C(=O)NCC(C)C)c2ccc(Oc3ccccc3)cc2)cc1. The first-order chi connectivity index (χ1) is 21.9. The molecule has 0 fully saturated rings. The van der Waals surface area contributed by atoms with Crippen molar-refractivity contribution >= 4 is 50.7 Å². The summed E-state index contributed by atoms with van der Waals surface area (Å²) in [6, 6.07) is 26.0. The molecule has 8 nitrogen and oxygen atoms in total. The van der Waals surface area contributed by atoms with Gasteiger partial charge in [-0.3, -0.25) is 13.9 Å². The van der Waals surface area contributed by atoms with Crippen molar-refractivity contribution in [2.75, 3.05) is 17.4 Å². The number of benzene rings is 4. The summed E-state index contributed by atoms with van der Waals surface area (Å²) in [4.78, 5) is 28.7. The highest BCUT2D eigenvalue weighted by Crippen LogP contribution is 2.30. The molecule has 0 unspecified atom stereocenters. The van der Waals surface area contributed by atoms with Crippen LogP contribution in [0.15, 0.2) is 102 Å². The van der Waals surface area contributed by atoms with Gasteiger partial charge in [0.1, 0.15) is 24.1 Å². The molecule has 0 saturated carbocycles. The van der Waals surface area contributed by atoms with E-state index in [1.807, 2.05) is 39.0 Å². The molecule has 242 valence electrons. The average Bonchev–Trinajstić information content (AvgIpc) is 3.03. The minimum absolute atomic E-state index is 0.0129. The van der Waals surface area contributed by atoms with Crippen molar-refractivity contribution in [1.29, 1.82) is 0 Å². The summed E-state index contributed by atoms with van der Waals surface area (Å²) < 4.78 is 35.2. The van der Waals surface area contributed by atoms with Gasteiger partial charge in [0.15, 0.2) is 0 Å². The Balaban J connectivity index is 1.72. The highest BCUT2D eigenvalue weighted by atomic mass is 35.5. The van der Waals surface area contributed by atoms with Crippen molar-refractivity contribution in [2.24, 2.45) is 5.92 Å². The first kappa shape index (κ1) is 34.8. The maximum atomic E-state index is 14.2. The van der Waals surface area contributed by atoms with Crippen LogP contribution in [0.1, 0.15) is 31.9 Å². The van der Waals surface area contributed by atoms with Gasteiger partial charge in [-0.05, 0) is 80.4 Å². The van der Waals surface area contributed by atoms with Crippen LogP contribution in [0.25, 0.3) is 0 Å². The van der Waals surface area contributed by atoms with E-state index in [0.717, 1.165) is 9.87 Å². The van der Waals surface area contributed by atoms with Crippen LogP contribution in [0, 0.1) is 12.8 Å². The predicted molar refractivity (Wildman–Crippen MR) is 183 cm³/mol. The van der Waals surface area contributed by atoms with E-state index in [2.05, 4.69) is 5.32 Å². The standard InChI is InChI=1S/C35H37Cl2N3O5S/c1-24(2)21-38-35(42)26(4)39(22-31-32(36)11-8-12-33(31)37)34(41)23-40(46(43,44)30-19-13-25(3)14-20-30)27-15-17-29(18-16-27)45-28-9-6-5-7-10-28/h5-20,24,26H,21-23H2,1-4H3,(H,38,42)/t26-/m0/s1. The predicted octanol–water partition coefficient (Wildman–Crippen LogP) is 7.48. The minimum atomic E-state index is -4.24. The maximum Gasteiger partial charge on any atom is 0.264 e. The molecule has 46 heavy (non-hydrogen) atoms. The van der Waals surface area contributed by atoms with E-state index in [9.17, 15) is 18.0 Å². The number of hydrogen-bond donors (Lipinski definition) is 1. The third-order valence-electron chi connectivity index (χ3n) is 7.23. The Bertz CT molecular complexity index is 1730. The minimum Gasteiger partial charge on any atom is -0.457 e. The number of amides is 2. The number of anilines is 1. The van der Waals surface area contributed by atoms with E-state index in [4.69, 9.17) is 27.9 Å². The van der Waals surface area contributed by atoms with Gasteiger partial charge < -0.3 is 15.0 Å². The van der Waals surface area contributed by atoms with E-state index < -0.39 is 28.5 Å². The van der Waals surface area contributed by atoms with Gasteiger partial charge in [-0.25, -0.2) is 8.42 Å². The van der Waals surface area contributed by atoms with Crippen LogP contribution in [0.4, 0.5) is 5.69 Å². The Hall–Kier alpha value is -4.05. The number of carbonyl (C=O) groups is 2. The van der Waals surface area contributed by atoms with Crippen molar-refractivity contribution in [1.82, 2.24) is 10.2 Å². The van der Waals surface area contributed by atoms with Gasteiger partial charge in [-0.15, -0.1) is 0 Å². The second-order valence-electron chi connectivity index (χ2n) is 11.3. The average molecular weight is 683 g/mol. The van der Waals surface area contributed by atoms with Crippen LogP contribution >= 0.6 is 23.2 Å². The molecule has 0 aliphatic rings. The van der Waals surface area contributed by atoms with Gasteiger partial charge in [0.25, 0.3) is 10.0 Å². The molecule has 1 N–H and O–H groups in total. The summed E-state index contributed by atoms with van der Waals surface area (Å²) in [5.74, 6) is 0.277. The van der Waals surface area contributed by atoms with E-state index in [1.54, 1.807) is 73.7 Å². The number of ether oxygens (including phenoxy) is 1. The Morgan fingerprint density at radius 1 is 0.804 bits per heavy atom. The van der Waals surface area contributed by atoms with Gasteiger partial charge in [0.2, 0.25) is 11.8 Å². The summed E-state index contributed by atoms with van der Waals surface area (Å²) >= 11 is 12.9. The van der Waals surface area contributed by atoms with Crippen LogP contribution in [0.2, 0.25) is 10.0 Å². The summed E-state index contributed by atoms with van der Waals surface area (Å²) in [6.07, 6.45) is 0. The molecule has 4 aromatic carbocycles. The summed E-state index contributed by atoms with van der Waals surface area (Å²) in [5, 5.41) is 3.50. The number of hydrogen-bond acceptors (Lipinski definition) is 5. The molecular formula is C35H37Cl2N3O5S. The number of halogens is 2. The summed E-state index contributed by atoms with van der Waals surface area (Å²) in [6.45, 7) is 7.06. The summed E-state index contributed by atoms with van der Waals surface area (Å²) in [5.41, 5.74) is 1.56. The van der Waals surface area contributed by atoms with E-state index in [-0.39, 0.29) is 29.0 Å². The number of sulfonamides is 1. The fourth-order valence-corrected chi connectivity index (χ4v) is 6.49. The van der Waals surface area contributed by atoms with Crippen molar-refractivity contribution in [3.05, 3.63) is 118 Å². The number of rotatable bonds is 13. The van der Waals surface area contributed by atoms with Crippen molar-refractivity contribution < 1.29 is 22.7 Å². The zero-order chi connectivity index (χ0) is 33.4. The topological polar surface area (TPSA) is 96.0 Å². The number of aryl methyl sites for hydroxylation is 1. The molecule has 0 radical (unpaired) electrons. The third kappa shape index (κ3) is 8.81. The normalized spacial score (nSPS) is 12.0. The first-order valence-corrected chi connectivity index (χ1v) is 17.0. The van der Waals surface area contributed by atoms with Gasteiger partial charge in [-0.2, -0.15) is 0 Å². The molecular weight excluding hydrogens is 645 g/mol. The lowest BCUT2D eigenvalue weighted by Gasteiger charge is -2.32. The van der Waals surface area contributed by atoms with Gasteiger partial charge in [-0.1, -0.05) is 79.0 Å². The molecule has 0 aliphatic carbocycles. The Kier molecular flexibility index (Phi) is 11.7. The first-order valence-electron chi connectivity index (χ1n) is 14.8. The highest BCUT2D eigenvalue weighted by Gasteiger charge is 2.33. The largest absolute Gasteiger partial charge is 0.457 e. The number of carbonyl (C=O) groups excluding carboxylic acids is 2. The molecule has 1 atom stereocenters.